The largest absolute Gasteiger partial charge is 0.339 e. The summed E-state index contributed by atoms with van der Waals surface area (Å²) in [5, 5.41) is 0.674. The number of halogens is 3. The minimum absolute atomic E-state index is 0.0434. The summed E-state index contributed by atoms with van der Waals surface area (Å²) in [5.74, 6) is -0.162. The molecule has 1 aliphatic rings. The molecular formula is C32H33ClF2N2O. The van der Waals surface area contributed by atoms with Crippen molar-refractivity contribution in [3.8, 4) is 0 Å². The molecule has 38 heavy (non-hydrogen) atoms. The quantitative estimate of drug-likeness (QED) is 0.284. The van der Waals surface area contributed by atoms with E-state index in [1.54, 1.807) is 12.1 Å². The van der Waals surface area contributed by atoms with Crippen molar-refractivity contribution in [2.75, 3.05) is 18.0 Å². The molecule has 198 valence electrons. The Morgan fingerprint density at radius 2 is 1.71 bits per heavy atom. The molecule has 3 nitrogen and oxygen atoms in total. The van der Waals surface area contributed by atoms with E-state index < -0.39 is 6.55 Å². The van der Waals surface area contributed by atoms with E-state index in [0.29, 0.717) is 47.9 Å². The highest BCUT2D eigenvalue weighted by Gasteiger charge is 2.31. The number of hydrogen-bond donors (Lipinski definition) is 0. The van der Waals surface area contributed by atoms with Gasteiger partial charge in [-0.05, 0) is 91.8 Å². The van der Waals surface area contributed by atoms with Crippen LogP contribution in [0, 0.1) is 19.8 Å². The van der Waals surface area contributed by atoms with E-state index in [1.165, 1.54) is 0 Å². The number of nitrogens with zero attached hydrogens (tertiary/aromatic N) is 2. The average molecular weight is 535 g/mol. The van der Waals surface area contributed by atoms with Crippen molar-refractivity contribution in [2.24, 2.45) is 5.92 Å². The van der Waals surface area contributed by atoms with Gasteiger partial charge in [-0.3, -0.25) is 9.69 Å². The van der Waals surface area contributed by atoms with Gasteiger partial charge in [0.25, 0.3) is 5.91 Å². The number of hydrogen-bond acceptors (Lipinski definition) is 2. The van der Waals surface area contributed by atoms with Gasteiger partial charge in [0.2, 0.25) is 0 Å². The molecule has 0 atom stereocenters. The normalized spacial score (nSPS) is 14.6. The Labute approximate surface area is 229 Å². The minimum atomic E-state index is -2.68. The molecule has 0 unspecified atom stereocenters. The predicted octanol–water partition coefficient (Wildman–Crippen LogP) is 8.50. The van der Waals surface area contributed by atoms with Gasteiger partial charge in [0.1, 0.15) is 0 Å². The SMILES string of the molecule is C=C(C1CCN(C(=O)c2ccc(/C(=C\C)c3cccc(Cl)c3)c(C)c2)CC1)N(c1ccccc1C)C(F)F. The molecule has 0 saturated carbocycles. The number of carbonyl (C=O) groups is 1. The third kappa shape index (κ3) is 5.83. The summed E-state index contributed by atoms with van der Waals surface area (Å²) in [7, 11) is 0. The number of rotatable bonds is 7. The summed E-state index contributed by atoms with van der Waals surface area (Å²) in [5.41, 5.74) is 6.40. The van der Waals surface area contributed by atoms with Crippen LogP contribution in [0.5, 0.6) is 0 Å². The molecular weight excluding hydrogens is 502 g/mol. The van der Waals surface area contributed by atoms with Gasteiger partial charge in [0.15, 0.2) is 0 Å². The van der Waals surface area contributed by atoms with Crippen LogP contribution in [0.1, 0.15) is 52.4 Å². The Morgan fingerprint density at radius 1 is 1.00 bits per heavy atom. The first-order chi connectivity index (χ1) is 18.2. The van der Waals surface area contributed by atoms with Crippen LogP contribution >= 0.6 is 11.6 Å². The third-order valence-electron chi connectivity index (χ3n) is 7.32. The van der Waals surface area contributed by atoms with Crippen LogP contribution in [-0.2, 0) is 0 Å². The first kappa shape index (κ1) is 27.6. The van der Waals surface area contributed by atoms with Gasteiger partial charge in [-0.1, -0.05) is 60.7 Å². The Morgan fingerprint density at radius 3 is 2.32 bits per heavy atom. The number of benzene rings is 3. The second-order valence-corrected chi connectivity index (χ2v) is 10.2. The summed E-state index contributed by atoms with van der Waals surface area (Å²) in [6.45, 7) is 8.17. The summed E-state index contributed by atoms with van der Waals surface area (Å²) >= 11 is 6.20. The molecule has 4 rings (SSSR count). The topological polar surface area (TPSA) is 23.6 Å². The molecule has 3 aromatic carbocycles. The lowest BCUT2D eigenvalue weighted by atomic mass is 9.91. The number of piperidine rings is 1. The zero-order chi connectivity index (χ0) is 27.4. The van der Waals surface area contributed by atoms with E-state index in [0.717, 1.165) is 32.7 Å². The Bertz CT molecular complexity index is 1360. The molecule has 1 amide bonds. The van der Waals surface area contributed by atoms with Crippen molar-refractivity contribution < 1.29 is 13.6 Å². The number of likely N-dealkylation sites (tertiary alicyclic amines) is 1. The predicted molar refractivity (Wildman–Crippen MR) is 153 cm³/mol. The smallest absolute Gasteiger partial charge is 0.319 e. The standard InChI is InChI=1S/C32H33ClF2N2O/c1-5-28(25-10-8-11-27(33)20-25)29-14-13-26(19-22(29)3)31(38)36-17-15-24(16-18-36)23(4)37(32(34)35)30-12-7-6-9-21(30)2/h5-14,19-20,24,32H,4,15-18H2,1-3H3/b28-5-. The fourth-order valence-electron chi connectivity index (χ4n) is 5.25. The Kier molecular flexibility index (Phi) is 8.68. The van der Waals surface area contributed by atoms with Crippen LogP contribution in [-0.4, -0.2) is 30.4 Å². The lowest BCUT2D eigenvalue weighted by Crippen LogP contribution is -2.41. The van der Waals surface area contributed by atoms with E-state index in [-0.39, 0.29) is 11.8 Å². The van der Waals surface area contributed by atoms with Crippen LogP contribution in [0.4, 0.5) is 14.5 Å². The number of allylic oxidation sites excluding steroid dienone is 2. The molecule has 1 heterocycles. The van der Waals surface area contributed by atoms with Gasteiger partial charge in [-0.2, -0.15) is 8.78 Å². The summed E-state index contributed by atoms with van der Waals surface area (Å²) in [6.07, 6.45) is 3.23. The highest BCUT2D eigenvalue weighted by molar-refractivity contribution is 6.30. The lowest BCUT2D eigenvalue weighted by Gasteiger charge is -2.37. The van der Waals surface area contributed by atoms with Gasteiger partial charge in [-0.25, -0.2) is 0 Å². The molecule has 0 bridgehead atoms. The fraction of sp³-hybridized carbons (Fsp3) is 0.281. The zero-order valence-corrected chi connectivity index (χ0v) is 22.8. The molecule has 0 aliphatic carbocycles. The molecule has 6 heteroatoms. The first-order valence-corrected chi connectivity index (χ1v) is 13.2. The maximum atomic E-state index is 14.1. The lowest BCUT2D eigenvalue weighted by molar-refractivity contribution is 0.0695. The second-order valence-electron chi connectivity index (χ2n) is 9.73. The monoisotopic (exact) mass is 534 g/mol. The van der Waals surface area contributed by atoms with Gasteiger partial charge >= 0.3 is 6.55 Å². The van der Waals surface area contributed by atoms with Crippen LogP contribution in [0.2, 0.25) is 5.02 Å². The van der Waals surface area contributed by atoms with Gasteiger partial charge in [0.05, 0.1) is 0 Å². The van der Waals surface area contributed by atoms with Crippen LogP contribution in [0.3, 0.4) is 0 Å². The maximum Gasteiger partial charge on any atom is 0.319 e. The zero-order valence-electron chi connectivity index (χ0n) is 22.1. The molecule has 1 fully saturated rings. The second kappa shape index (κ2) is 12.0. The van der Waals surface area contributed by atoms with Crippen molar-refractivity contribution in [3.05, 3.63) is 118 Å². The molecule has 0 radical (unpaired) electrons. The molecule has 3 aromatic rings. The Balaban J connectivity index is 1.45. The Hall–Kier alpha value is -3.44. The van der Waals surface area contributed by atoms with Gasteiger partial charge < -0.3 is 4.90 Å². The number of carbonyl (C=O) groups excluding carboxylic acids is 1. The minimum Gasteiger partial charge on any atom is -0.339 e. The van der Waals surface area contributed by atoms with E-state index in [1.807, 2.05) is 86.3 Å². The van der Waals surface area contributed by atoms with Crippen molar-refractivity contribution in [1.82, 2.24) is 4.90 Å². The molecule has 0 spiro atoms. The van der Waals surface area contributed by atoms with E-state index in [9.17, 15) is 13.6 Å². The van der Waals surface area contributed by atoms with Crippen molar-refractivity contribution in [3.63, 3.8) is 0 Å². The summed E-state index contributed by atoms with van der Waals surface area (Å²) in [4.78, 5) is 16.2. The van der Waals surface area contributed by atoms with Crippen LogP contribution < -0.4 is 4.90 Å². The highest BCUT2D eigenvalue weighted by Crippen LogP contribution is 2.34. The molecule has 0 aromatic heterocycles. The number of amides is 1. The van der Waals surface area contributed by atoms with Crippen LogP contribution in [0.25, 0.3) is 5.57 Å². The van der Waals surface area contributed by atoms with E-state index in [2.05, 4.69) is 6.58 Å². The van der Waals surface area contributed by atoms with Gasteiger partial charge in [-0.15, -0.1) is 0 Å². The van der Waals surface area contributed by atoms with Crippen molar-refractivity contribution in [1.29, 1.82) is 0 Å². The number of aryl methyl sites for hydroxylation is 2. The van der Waals surface area contributed by atoms with E-state index in [4.69, 9.17) is 11.6 Å². The summed E-state index contributed by atoms with van der Waals surface area (Å²) < 4.78 is 28.1. The first-order valence-electron chi connectivity index (χ1n) is 12.9. The number of anilines is 1. The van der Waals surface area contributed by atoms with Crippen molar-refractivity contribution >= 4 is 28.8 Å². The number of alkyl halides is 2. The van der Waals surface area contributed by atoms with E-state index >= 15 is 0 Å². The summed E-state index contributed by atoms with van der Waals surface area (Å²) in [6, 6.07) is 20.6. The maximum absolute atomic E-state index is 14.1. The third-order valence-corrected chi connectivity index (χ3v) is 7.56. The van der Waals surface area contributed by atoms with Crippen LogP contribution in [0.15, 0.2) is 85.1 Å². The fourth-order valence-corrected chi connectivity index (χ4v) is 5.44. The molecule has 1 aliphatic heterocycles. The molecule has 1 saturated heterocycles. The van der Waals surface area contributed by atoms with Gasteiger partial charge in [0, 0.05) is 41.0 Å². The number of para-hydroxylation sites is 1. The molecule has 0 N–H and O–H groups in total. The van der Waals surface area contributed by atoms with Crippen molar-refractivity contribution in [2.45, 2.75) is 40.2 Å². The highest BCUT2D eigenvalue weighted by atomic mass is 35.5. The average Bonchev–Trinajstić information content (AvgIpc) is 2.90.